The Bertz CT molecular complexity index is 789. The first-order chi connectivity index (χ1) is 16.2. The molecule has 0 amide bonds. The van der Waals surface area contributed by atoms with E-state index in [1.807, 2.05) is 13.8 Å². The van der Waals surface area contributed by atoms with E-state index in [9.17, 15) is 23.8 Å². The molecule has 8 heteroatoms. The Morgan fingerprint density at radius 2 is 2.03 bits per heavy atom. The molecule has 1 aromatic rings. The van der Waals surface area contributed by atoms with E-state index in [2.05, 4.69) is 0 Å². The molecule has 0 aromatic heterocycles. The number of esters is 1. The van der Waals surface area contributed by atoms with E-state index in [1.165, 1.54) is 0 Å². The summed E-state index contributed by atoms with van der Waals surface area (Å²) in [7, 11) is 0. The van der Waals surface area contributed by atoms with Crippen molar-refractivity contribution in [2.75, 3.05) is 13.2 Å². The highest BCUT2D eigenvalue weighted by Gasteiger charge is 2.44. The Morgan fingerprint density at radius 3 is 2.79 bits per heavy atom. The average Bonchev–Trinajstić information content (AvgIpc) is 2.94. The van der Waals surface area contributed by atoms with E-state index in [0.717, 1.165) is 43.9 Å². The van der Waals surface area contributed by atoms with Crippen LogP contribution in [0.4, 0.5) is 8.78 Å². The molecule has 34 heavy (non-hydrogen) atoms. The zero-order valence-corrected chi connectivity index (χ0v) is 20.1. The lowest BCUT2D eigenvalue weighted by atomic mass is 9.84. The van der Waals surface area contributed by atoms with Crippen LogP contribution in [0.1, 0.15) is 65.2 Å². The number of hydrogen-bond acceptors (Lipinski definition) is 6. The third-order valence-electron chi connectivity index (χ3n) is 6.97. The SMILES string of the molecule is CC(C)OC(=O)CCC[C@H]1CC[C@@H]2[C@@H](CCC(O)COc3cc(F)ccc3F)[C@H](O)C[C@@H]2OC1. The van der Waals surface area contributed by atoms with Gasteiger partial charge in [0.2, 0.25) is 0 Å². The number of aliphatic hydroxyl groups excluding tert-OH is 2. The van der Waals surface area contributed by atoms with E-state index in [0.29, 0.717) is 38.2 Å². The summed E-state index contributed by atoms with van der Waals surface area (Å²) in [6.07, 6.45) is 4.19. The number of rotatable bonds is 11. The van der Waals surface area contributed by atoms with Crippen LogP contribution >= 0.6 is 0 Å². The molecule has 1 saturated heterocycles. The van der Waals surface area contributed by atoms with E-state index < -0.39 is 23.8 Å². The molecule has 3 rings (SSSR count). The summed E-state index contributed by atoms with van der Waals surface area (Å²) in [6.45, 7) is 4.18. The number of aliphatic hydroxyl groups is 2. The van der Waals surface area contributed by atoms with Gasteiger partial charge in [0.15, 0.2) is 11.6 Å². The van der Waals surface area contributed by atoms with Gasteiger partial charge in [-0.1, -0.05) is 0 Å². The van der Waals surface area contributed by atoms with Crippen molar-refractivity contribution >= 4 is 5.97 Å². The van der Waals surface area contributed by atoms with Gasteiger partial charge < -0.3 is 24.4 Å². The maximum atomic E-state index is 13.7. The number of hydrogen-bond donors (Lipinski definition) is 2. The van der Waals surface area contributed by atoms with Gasteiger partial charge in [-0.2, -0.15) is 0 Å². The minimum absolute atomic E-state index is 0.00527. The largest absolute Gasteiger partial charge is 0.488 e. The molecular formula is C26H38F2O6. The molecule has 192 valence electrons. The first-order valence-corrected chi connectivity index (χ1v) is 12.5. The van der Waals surface area contributed by atoms with Gasteiger partial charge >= 0.3 is 5.97 Å². The molecule has 6 nitrogen and oxygen atoms in total. The summed E-state index contributed by atoms with van der Waals surface area (Å²) in [4.78, 5) is 11.7. The van der Waals surface area contributed by atoms with Gasteiger partial charge in [-0.15, -0.1) is 0 Å². The van der Waals surface area contributed by atoms with Crippen LogP contribution in [0.15, 0.2) is 18.2 Å². The second kappa shape index (κ2) is 12.8. The highest BCUT2D eigenvalue weighted by Crippen LogP contribution is 2.43. The molecule has 1 aliphatic heterocycles. The number of halogens is 2. The number of carbonyl (C=O) groups is 1. The van der Waals surface area contributed by atoms with Crippen molar-refractivity contribution in [3.8, 4) is 5.75 Å². The van der Waals surface area contributed by atoms with Crippen LogP contribution in [0.25, 0.3) is 0 Å². The molecular weight excluding hydrogens is 446 g/mol. The monoisotopic (exact) mass is 484 g/mol. The molecule has 1 heterocycles. The van der Waals surface area contributed by atoms with Gasteiger partial charge in [-0.05, 0) is 82.3 Å². The van der Waals surface area contributed by atoms with Crippen molar-refractivity contribution < 1.29 is 38.0 Å². The average molecular weight is 485 g/mol. The van der Waals surface area contributed by atoms with Crippen molar-refractivity contribution in [1.29, 1.82) is 0 Å². The van der Waals surface area contributed by atoms with E-state index in [4.69, 9.17) is 14.2 Å². The van der Waals surface area contributed by atoms with Crippen molar-refractivity contribution in [3.63, 3.8) is 0 Å². The van der Waals surface area contributed by atoms with Crippen molar-refractivity contribution in [2.45, 2.75) is 89.6 Å². The first kappa shape index (κ1) is 26.8. The maximum absolute atomic E-state index is 13.7. The molecule has 1 unspecified atom stereocenters. The van der Waals surface area contributed by atoms with Gasteiger partial charge in [0.05, 0.1) is 24.4 Å². The third-order valence-corrected chi connectivity index (χ3v) is 6.97. The minimum atomic E-state index is -0.848. The predicted octanol–water partition coefficient (Wildman–Crippen LogP) is 4.40. The molecule has 1 aliphatic carbocycles. The Kier molecular flexibility index (Phi) is 10.1. The number of fused-ring (bicyclic) bond motifs is 1. The van der Waals surface area contributed by atoms with Crippen LogP contribution in [-0.2, 0) is 14.3 Å². The standard InChI is InChI=1S/C26H38F2O6/c1-16(2)34-26(31)5-3-4-17-6-9-21-20(23(30)13-24(21)32-14-17)10-8-19(29)15-33-25-12-18(27)7-11-22(25)28/h7,11-12,16-17,19-21,23-24,29-30H,3-6,8-10,13-15H2,1-2H3/t17-,19?,20+,21+,23+,24-/m0/s1. The Hall–Kier alpha value is -1.77. The van der Waals surface area contributed by atoms with Crippen LogP contribution in [0.3, 0.4) is 0 Å². The topological polar surface area (TPSA) is 85.2 Å². The van der Waals surface area contributed by atoms with Gasteiger partial charge in [0.25, 0.3) is 0 Å². The van der Waals surface area contributed by atoms with Crippen LogP contribution < -0.4 is 4.74 Å². The second-order valence-electron chi connectivity index (χ2n) is 9.99. The smallest absolute Gasteiger partial charge is 0.306 e. The van der Waals surface area contributed by atoms with E-state index in [-0.39, 0.29) is 42.4 Å². The summed E-state index contributed by atoms with van der Waals surface area (Å²) >= 11 is 0. The van der Waals surface area contributed by atoms with Gasteiger partial charge in [-0.25, -0.2) is 8.78 Å². The summed E-state index contributed by atoms with van der Waals surface area (Å²) < 4.78 is 43.5. The first-order valence-electron chi connectivity index (χ1n) is 12.5. The van der Waals surface area contributed by atoms with Gasteiger partial charge in [-0.3, -0.25) is 4.79 Å². The fraction of sp³-hybridized carbons (Fsp3) is 0.731. The molecule has 2 aliphatic rings. The van der Waals surface area contributed by atoms with E-state index >= 15 is 0 Å². The summed E-state index contributed by atoms with van der Waals surface area (Å²) in [6, 6.07) is 2.96. The minimum Gasteiger partial charge on any atom is -0.488 e. The second-order valence-corrected chi connectivity index (χ2v) is 9.99. The van der Waals surface area contributed by atoms with Gasteiger partial charge in [0.1, 0.15) is 12.4 Å². The normalized spacial score (nSPS) is 27.8. The molecule has 1 aromatic carbocycles. The molecule has 2 fully saturated rings. The van der Waals surface area contributed by atoms with Crippen LogP contribution in [0.2, 0.25) is 0 Å². The zero-order chi connectivity index (χ0) is 24.7. The lowest BCUT2D eigenvalue weighted by Gasteiger charge is -2.24. The third kappa shape index (κ3) is 7.89. The van der Waals surface area contributed by atoms with Crippen molar-refractivity contribution in [2.24, 2.45) is 17.8 Å². The zero-order valence-electron chi connectivity index (χ0n) is 20.1. The Labute approximate surface area is 200 Å². The summed E-state index contributed by atoms with van der Waals surface area (Å²) in [5, 5.41) is 20.9. The Morgan fingerprint density at radius 1 is 1.24 bits per heavy atom. The lowest BCUT2D eigenvalue weighted by molar-refractivity contribution is -0.147. The molecule has 0 spiro atoms. The predicted molar refractivity (Wildman–Crippen MR) is 122 cm³/mol. The van der Waals surface area contributed by atoms with Crippen molar-refractivity contribution in [3.05, 3.63) is 29.8 Å². The fourth-order valence-corrected chi connectivity index (χ4v) is 5.24. The summed E-state index contributed by atoms with van der Waals surface area (Å²) in [5.41, 5.74) is 0. The Balaban J connectivity index is 1.41. The highest BCUT2D eigenvalue weighted by molar-refractivity contribution is 5.69. The maximum Gasteiger partial charge on any atom is 0.306 e. The van der Waals surface area contributed by atoms with E-state index in [1.54, 1.807) is 0 Å². The molecule has 6 atom stereocenters. The molecule has 0 radical (unpaired) electrons. The van der Waals surface area contributed by atoms with Crippen LogP contribution in [0, 0.1) is 29.4 Å². The molecule has 1 saturated carbocycles. The fourth-order valence-electron chi connectivity index (χ4n) is 5.24. The molecule has 0 bridgehead atoms. The molecule has 2 N–H and O–H groups in total. The summed E-state index contributed by atoms with van der Waals surface area (Å²) in [5.74, 6) is -1.04. The van der Waals surface area contributed by atoms with Gasteiger partial charge in [0, 0.05) is 25.5 Å². The van der Waals surface area contributed by atoms with Crippen molar-refractivity contribution in [1.82, 2.24) is 0 Å². The highest BCUT2D eigenvalue weighted by atomic mass is 19.1. The number of benzene rings is 1. The number of carbonyl (C=O) groups excluding carboxylic acids is 1. The van der Waals surface area contributed by atoms with Crippen LogP contribution in [0.5, 0.6) is 5.75 Å². The quantitative estimate of drug-likeness (QED) is 0.453. The lowest BCUT2D eigenvalue weighted by Crippen LogP contribution is -2.25. The number of ether oxygens (including phenoxy) is 3. The van der Waals surface area contributed by atoms with Crippen LogP contribution in [-0.4, -0.2) is 53.8 Å².